The molecule has 0 radical (unpaired) electrons. The summed E-state index contributed by atoms with van der Waals surface area (Å²) in [6, 6.07) is 0. The van der Waals surface area contributed by atoms with E-state index in [2.05, 4.69) is 106 Å². The molecular formula is C56H94O6. The van der Waals surface area contributed by atoms with E-state index in [1.165, 1.54) is 51.4 Å². The van der Waals surface area contributed by atoms with Crippen LogP contribution >= 0.6 is 0 Å². The van der Waals surface area contributed by atoms with Gasteiger partial charge in [-0.05, 0) is 109 Å². The second kappa shape index (κ2) is 50.2. The van der Waals surface area contributed by atoms with Crippen molar-refractivity contribution in [3.63, 3.8) is 0 Å². The number of esters is 3. The third kappa shape index (κ3) is 47.6. The van der Waals surface area contributed by atoms with Gasteiger partial charge in [-0.15, -0.1) is 0 Å². The molecule has 0 bridgehead atoms. The predicted octanol–water partition coefficient (Wildman–Crippen LogP) is 16.8. The molecule has 0 saturated heterocycles. The van der Waals surface area contributed by atoms with Crippen LogP contribution in [0.1, 0.15) is 233 Å². The first-order valence-corrected chi connectivity index (χ1v) is 25.6. The Morgan fingerprint density at radius 2 is 0.629 bits per heavy atom. The summed E-state index contributed by atoms with van der Waals surface area (Å²) in [6.07, 6.45) is 64.2. The van der Waals surface area contributed by atoms with E-state index in [4.69, 9.17) is 14.2 Å². The molecule has 1 unspecified atom stereocenters. The van der Waals surface area contributed by atoms with Gasteiger partial charge in [-0.2, -0.15) is 0 Å². The number of unbranched alkanes of at least 4 members (excludes halogenated alkanes) is 20. The highest BCUT2D eigenvalue weighted by molar-refractivity contribution is 5.71. The molecule has 0 amide bonds. The fourth-order valence-corrected chi connectivity index (χ4v) is 6.82. The molecule has 354 valence electrons. The second-order valence-electron chi connectivity index (χ2n) is 16.7. The van der Waals surface area contributed by atoms with Crippen LogP contribution in [0, 0.1) is 0 Å². The Hall–Kier alpha value is -3.41. The second-order valence-corrected chi connectivity index (χ2v) is 16.7. The van der Waals surface area contributed by atoms with Crippen molar-refractivity contribution in [3.05, 3.63) is 85.1 Å². The van der Waals surface area contributed by atoms with Crippen LogP contribution in [0.3, 0.4) is 0 Å². The summed E-state index contributed by atoms with van der Waals surface area (Å²) in [5, 5.41) is 0. The van der Waals surface area contributed by atoms with Gasteiger partial charge in [0, 0.05) is 19.3 Å². The molecule has 0 aliphatic rings. The van der Waals surface area contributed by atoms with Crippen LogP contribution in [0.25, 0.3) is 0 Å². The maximum absolute atomic E-state index is 12.8. The minimum Gasteiger partial charge on any atom is -0.462 e. The first kappa shape index (κ1) is 58.6. The molecule has 62 heavy (non-hydrogen) atoms. The van der Waals surface area contributed by atoms with Crippen molar-refractivity contribution in [1.29, 1.82) is 0 Å². The number of rotatable bonds is 45. The van der Waals surface area contributed by atoms with Gasteiger partial charge in [0.05, 0.1) is 0 Å². The number of hydrogen-bond donors (Lipinski definition) is 0. The molecule has 0 aromatic carbocycles. The van der Waals surface area contributed by atoms with Crippen molar-refractivity contribution in [1.82, 2.24) is 0 Å². The molecule has 6 nitrogen and oxygen atoms in total. The quantitative estimate of drug-likeness (QED) is 0.0263. The van der Waals surface area contributed by atoms with Crippen LogP contribution in [0.5, 0.6) is 0 Å². The lowest BCUT2D eigenvalue weighted by Crippen LogP contribution is -2.30. The highest BCUT2D eigenvalue weighted by Crippen LogP contribution is 2.13. The standard InChI is InChI=1S/C56H94O6/c1-4-7-10-13-16-19-22-25-26-27-28-29-30-32-34-37-40-43-46-49-55(58)61-52-53(51-60-54(57)48-45-42-39-36-33-24-21-18-15-12-9-6-3)62-56(59)50-47-44-41-38-35-31-23-20-17-14-11-8-5-2/h7,9-10,12,16,18-19,21,25-26,28-29,31,35,53H,4-6,8,11,13-15,17,20,22-24,27,30,32-34,36-52H2,1-3H3/b10-7-,12-9-,19-16-,21-18-,26-25-,29-28-,35-31-. The molecule has 0 heterocycles. The molecule has 0 aliphatic heterocycles. The minimum atomic E-state index is -0.795. The summed E-state index contributed by atoms with van der Waals surface area (Å²) in [4.78, 5) is 37.9. The Kier molecular flexibility index (Phi) is 47.5. The minimum absolute atomic E-state index is 0.0953. The number of carbonyl (C=O) groups excluding carboxylic acids is 3. The topological polar surface area (TPSA) is 78.9 Å². The molecule has 0 saturated carbocycles. The molecule has 0 rings (SSSR count). The monoisotopic (exact) mass is 863 g/mol. The summed E-state index contributed by atoms with van der Waals surface area (Å²) in [5.74, 6) is -0.941. The number of allylic oxidation sites excluding steroid dienone is 14. The lowest BCUT2D eigenvalue weighted by Gasteiger charge is -2.18. The number of carbonyl (C=O) groups is 3. The van der Waals surface area contributed by atoms with Gasteiger partial charge < -0.3 is 14.2 Å². The van der Waals surface area contributed by atoms with Crippen LogP contribution in [0.2, 0.25) is 0 Å². The first-order chi connectivity index (χ1) is 30.5. The SMILES string of the molecule is CC/C=C\C/C=C\C/C=C\C/C=C\CCCCCCCCC(=O)OCC(COC(=O)CCCCCCC/C=C\C/C=C\CC)OC(=O)CCCCC/C=C\CCCCCCCC. The van der Waals surface area contributed by atoms with Crippen molar-refractivity contribution in [3.8, 4) is 0 Å². The Balaban J connectivity index is 4.41. The van der Waals surface area contributed by atoms with Gasteiger partial charge in [0.15, 0.2) is 6.10 Å². The van der Waals surface area contributed by atoms with Gasteiger partial charge in [-0.3, -0.25) is 14.4 Å². The van der Waals surface area contributed by atoms with E-state index in [-0.39, 0.29) is 31.1 Å². The predicted molar refractivity (Wildman–Crippen MR) is 265 cm³/mol. The first-order valence-electron chi connectivity index (χ1n) is 25.6. The zero-order valence-electron chi connectivity index (χ0n) is 40.4. The zero-order valence-corrected chi connectivity index (χ0v) is 40.4. The highest BCUT2D eigenvalue weighted by atomic mass is 16.6. The van der Waals surface area contributed by atoms with Crippen LogP contribution in [-0.2, 0) is 28.6 Å². The lowest BCUT2D eigenvalue weighted by atomic mass is 10.1. The Labute approximate surface area is 382 Å². The van der Waals surface area contributed by atoms with Gasteiger partial charge in [0.1, 0.15) is 13.2 Å². The number of hydrogen-bond acceptors (Lipinski definition) is 6. The van der Waals surface area contributed by atoms with Gasteiger partial charge in [0.2, 0.25) is 0 Å². The maximum Gasteiger partial charge on any atom is 0.306 e. The Morgan fingerprint density at radius 3 is 1.02 bits per heavy atom. The largest absolute Gasteiger partial charge is 0.462 e. The Bertz CT molecular complexity index is 1220. The molecule has 0 aliphatic carbocycles. The average Bonchev–Trinajstić information content (AvgIpc) is 3.27. The summed E-state index contributed by atoms with van der Waals surface area (Å²) >= 11 is 0. The Morgan fingerprint density at radius 1 is 0.339 bits per heavy atom. The summed E-state index contributed by atoms with van der Waals surface area (Å²) in [6.45, 7) is 6.36. The summed E-state index contributed by atoms with van der Waals surface area (Å²) in [5.41, 5.74) is 0. The van der Waals surface area contributed by atoms with Crippen molar-refractivity contribution >= 4 is 17.9 Å². The van der Waals surface area contributed by atoms with Crippen LogP contribution in [0.4, 0.5) is 0 Å². The fourth-order valence-electron chi connectivity index (χ4n) is 6.82. The van der Waals surface area contributed by atoms with Crippen LogP contribution in [-0.4, -0.2) is 37.2 Å². The summed E-state index contributed by atoms with van der Waals surface area (Å²) < 4.78 is 16.7. The zero-order chi connectivity index (χ0) is 45.1. The fraction of sp³-hybridized carbons (Fsp3) is 0.696. The van der Waals surface area contributed by atoms with Crippen molar-refractivity contribution in [2.45, 2.75) is 239 Å². The smallest absolute Gasteiger partial charge is 0.306 e. The third-order valence-corrected chi connectivity index (χ3v) is 10.6. The van der Waals surface area contributed by atoms with Gasteiger partial charge in [-0.25, -0.2) is 0 Å². The number of ether oxygens (including phenoxy) is 3. The highest BCUT2D eigenvalue weighted by Gasteiger charge is 2.19. The van der Waals surface area contributed by atoms with E-state index < -0.39 is 6.10 Å². The van der Waals surface area contributed by atoms with Crippen molar-refractivity contribution in [2.75, 3.05) is 13.2 Å². The van der Waals surface area contributed by atoms with E-state index in [1.807, 2.05) is 0 Å². The van der Waals surface area contributed by atoms with E-state index in [9.17, 15) is 14.4 Å². The van der Waals surface area contributed by atoms with E-state index >= 15 is 0 Å². The molecule has 0 fully saturated rings. The molecule has 0 aromatic heterocycles. The van der Waals surface area contributed by atoms with Crippen molar-refractivity contribution < 1.29 is 28.6 Å². The molecule has 6 heteroatoms. The third-order valence-electron chi connectivity index (χ3n) is 10.6. The van der Waals surface area contributed by atoms with Crippen LogP contribution < -0.4 is 0 Å². The van der Waals surface area contributed by atoms with E-state index in [0.717, 1.165) is 141 Å². The molecule has 0 spiro atoms. The van der Waals surface area contributed by atoms with Gasteiger partial charge >= 0.3 is 17.9 Å². The molecule has 1 atom stereocenters. The lowest BCUT2D eigenvalue weighted by molar-refractivity contribution is -0.167. The van der Waals surface area contributed by atoms with Crippen LogP contribution in [0.15, 0.2) is 85.1 Å². The van der Waals surface area contributed by atoms with Gasteiger partial charge in [-0.1, -0.05) is 189 Å². The van der Waals surface area contributed by atoms with Gasteiger partial charge in [0.25, 0.3) is 0 Å². The normalized spacial score (nSPS) is 12.8. The summed E-state index contributed by atoms with van der Waals surface area (Å²) in [7, 11) is 0. The maximum atomic E-state index is 12.8. The molecule has 0 aromatic rings. The van der Waals surface area contributed by atoms with Crippen molar-refractivity contribution in [2.24, 2.45) is 0 Å². The molecular weight excluding hydrogens is 769 g/mol. The molecule has 0 N–H and O–H groups in total. The van der Waals surface area contributed by atoms with E-state index in [1.54, 1.807) is 0 Å². The van der Waals surface area contributed by atoms with E-state index in [0.29, 0.717) is 19.3 Å². The average molecular weight is 863 g/mol.